The summed E-state index contributed by atoms with van der Waals surface area (Å²) in [6, 6.07) is 87.1. The van der Waals surface area contributed by atoms with Gasteiger partial charge in [0.2, 0.25) is 0 Å². The maximum absolute atomic E-state index is 6.52. The molecule has 2 heterocycles. The van der Waals surface area contributed by atoms with Gasteiger partial charge in [-0.15, -0.1) is 0 Å². The van der Waals surface area contributed by atoms with Crippen molar-refractivity contribution in [3.05, 3.63) is 243 Å². The molecule has 2 aromatic heterocycles. The molecule has 3 nitrogen and oxygen atoms in total. The first-order valence-corrected chi connectivity index (χ1v) is 21.5. The monoisotopic (exact) mass is 804 g/mol. The Morgan fingerprint density at radius 2 is 0.841 bits per heavy atom. The van der Waals surface area contributed by atoms with Gasteiger partial charge in [0.05, 0.1) is 16.7 Å². The third-order valence-electron chi connectivity index (χ3n) is 12.4. The molecule has 0 bridgehead atoms. The van der Waals surface area contributed by atoms with Crippen LogP contribution < -0.4 is 4.90 Å². The largest absolute Gasteiger partial charge is 0.456 e. The third kappa shape index (κ3) is 6.21. The van der Waals surface area contributed by atoms with Crippen molar-refractivity contribution in [2.45, 2.75) is 0 Å². The van der Waals surface area contributed by atoms with Crippen molar-refractivity contribution >= 4 is 60.8 Å². The van der Waals surface area contributed by atoms with E-state index in [1.165, 1.54) is 49.6 Å². The number of benzene rings is 10. The van der Waals surface area contributed by atoms with Crippen molar-refractivity contribution in [3.8, 4) is 50.2 Å². The number of para-hydroxylation sites is 4. The van der Waals surface area contributed by atoms with Gasteiger partial charge >= 0.3 is 0 Å². The lowest BCUT2D eigenvalue weighted by Gasteiger charge is -2.28. The van der Waals surface area contributed by atoms with Gasteiger partial charge in [-0.25, -0.2) is 0 Å². The Bertz CT molecular complexity index is 3620. The lowest BCUT2D eigenvalue weighted by Crippen LogP contribution is -2.11. The number of nitrogens with zero attached hydrogens (tertiary/aromatic N) is 2. The molecule has 12 rings (SSSR count). The molecule has 0 unspecified atom stereocenters. The lowest BCUT2D eigenvalue weighted by atomic mass is 9.88. The van der Waals surface area contributed by atoms with Crippen molar-refractivity contribution in [2.75, 3.05) is 4.90 Å². The van der Waals surface area contributed by atoms with Crippen LogP contribution in [0.25, 0.3) is 93.9 Å². The molecule has 0 N–H and O–H groups in total. The minimum Gasteiger partial charge on any atom is -0.456 e. The second-order valence-corrected chi connectivity index (χ2v) is 16.0. The molecular weight excluding hydrogens is 765 g/mol. The Morgan fingerprint density at radius 1 is 0.317 bits per heavy atom. The molecule has 0 spiro atoms. The molecule has 0 atom stereocenters. The zero-order chi connectivity index (χ0) is 41.7. The molecule has 0 aliphatic carbocycles. The molecule has 0 amide bonds. The van der Waals surface area contributed by atoms with E-state index in [9.17, 15) is 0 Å². The van der Waals surface area contributed by atoms with E-state index in [-0.39, 0.29) is 0 Å². The molecule has 0 fully saturated rings. The van der Waals surface area contributed by atoms with Crippen LogP contribution in [0.15, 0.2) is 247 Å². The van der Waals surface area contributed by atoms with E-state index in [1.807, 2.05) is 12.1 Å². The summed E-state index contributed by atoms with van der Waals surface area (Å²) >= 11 is 0. The van der Waals surface area contributed by atoms with Crippen LogP contribution in [0.1, 0.15) is 0 Å². The Morgan fingerprint density at radius 3 is 1.62 bits per heavy atom. The van der Waals surface area contributed by atoms with Crippen LogP contribution in [0.5, 0.6) is 0 Å². The van der Waals surface area contributed by atoms with Crippen molar-refractivity contribution in [2.24, 2.45) is 0 Å². The fourth-order valence-electron chi connectivity index (χ4n) is 9.62. The summed E-state index contributed by atoms with van der Waals surface area (Å²) in [5.41, 5.74) is 17.8. The number of hydrogen-bond acceptors (Lipinski definition) is 2. The summed E-state index contributed by atoms with van der Waals surface area (Å²) in [6.07, 6.45) is 0. The van der Waals surface area contributed by atoms with Gasteiger partial charge in [0.25, 0.3) is 0 Å². The number of furan rings is 1. The van der Waals surface area contributed by atoms with Crippen molar-refractivity contribution in [1.82, 2.24) is 4.57 Å². The Kier molecular flexibility index (Phi) is 8.83. The number of rotatable bonds is 8. The van der Waals surface area contributed by atoms with Crippen molar-refractivity contribution < 1.29 is 4.42 Å². The minimum atomic E-state index is 0.853. The van der Waals surface area contributed by atoms with E-state index in [2.05, 4.69) is 240 Å². The van der Waals surface area contributed by atoms with Gasteiger partial charge in [0.15, 0.2) is 0 Å². The molecule has 0 aliphatic rings. The molecule has 3 heteroatoms. The number of fused-ring (bicyclic) bond motifs is 6. The number of aromatic nitrogens is 1. The first-order chi connectivity index (χ1) is 31.3. The van der Waals surface area contributed by atoms with Gasteiger partial charge < -0.3 is 13.9 Å². The summed E-state index contributed by atoms with van der Waals surface area (Å²) in [5.74, 6) is 0. The molecule has 0 aliphatic heterocycles. The zero-order valence-electron chi connectivity index (χ0n) is 34.4. The van der Waals surface area contributed by atoms with E-state index in [0.717, 1.165) is 61.4 Å². The van der Waals surface area contributed by atoms with Crippen LogP contribution in [0.4, 0.5) is 17.1 Å². The second-order valence-electron chi connectivity index (χ2n) is 16.0. The van der Waals surface area contributed by atoms with Gasteiger partial charge in [0, 0.05) is 50.2 Å². The molecule has 63 heavy (non-hydrogen) atoms. The SMILES string of the molecule is c1ccc(-c2ccccc2-c2ccccc2-c2ccccc2N(c2ccc(-c3cccc4c3c3ccccc3n4-c3ccccc3)cc2)c2ccc3c(c2)oc2ccccc23)cc1. The fourth-order valence-corrected chi connectivity index (χ4v) is 9.62. The van der Waals surface area contributed by atoms with E-state index in [0.29, 0.717) is 0 Å². The summed E-state index contributed by atoms with van der Waals surface area (Å²) in [5, 5.41) is 4.69. The van der Waals surface area contributed by atoms with E-state index in [4.69, 9.17) is 4.42 Å². The summed E-state index contributed by atoms with van der Waals surface area (Å²) < 4.78 is 8.90. The smallest absolute Gasteiger partial charge is 0.137 e. The average molecular weight is 805 g/mol. The predicted octanol–water partition coefficient (Wildman–Crippen LogP) is 16.8. The third-order valence-corrected chi connectivity index (χ3v) is 12.4. The summed E-state index contributed by atoms with van der Waals surface area (Å²) in [6.45, 7) is 0. The standard InChI is InChI=1S/C60H40N2O/c1-3-18-41(19-4-1)46-22-7-8-23-48(46)49-24-9-10-25-50(49)51-26-11-14-30-55(51)61(45-38-39-53-52-27-13-16-33-58(52)63-59(53)40-45)44-36-34-42(35-37-44)47-29-17-32-57-60(47)54-28-12-15-31-56(54)62(57)43-20-5-2-6-21-43/h1-40H. The van der Waals surface area contributed by atoms with Gasteiger partial charge in [0.1, 0.15) is 11.2 Å². The van der Waals surface area contributed by atoms with Crippen LogP contribution >= 0.6 is 0 Å². The molecule has 0 saturated carbocycles. The summed E-state index contributed by atoms with van der Waals surface area (Å²) in [4.78, 5) is 2.38. The van der Waals surface area contributed by atoms with Crippen LogP contribution in [-0.4, -0.2) is 4.57 Å². The Hall–Kier alpha value is -8.40. The van der Waals surface area contributed by atoms with Crippen molar-refractivity contribution in [1.29, 1.82) is 0 Å². The highest BCUT2D eigenvalue weighted by molar-refractivity contribution is 6.16. The number of anilines is 3. The Labute approximate surface area is 366 Å². The number of hydrogen-bond donors (Lipinski definition) is 0. The lowest BCUT2D eigenvalue weighted by molar-refractivity contribution is 0.669. The molecular formula is C60H40N2O. The van der Waals surface area contributed by atoms with Gasteiger partial charge in [-0.05, 0) is 99.6 Å². The van der Waals surface area contributed by atoms with Crippen molar-refractivity contribution in [3.63, 3.8) is 0 Å². The summed E-state index contributed by atoms with van der Waals surface area (Å²) in [7, 11) is 0. The normalized spacial score (nSPS) is 11.5. The van der Waals surface area contributed by atoms with E-state index in [1.54, 1.807) is 0 Å². The topological polar surface area (TPSA) is 21.3 Å². The van der Waals surface area contributed by atoms with Gasteiger partial charge in [-0.1, -0.05) is 176 Å². The maximum Gasteiger partial charge on any atom is 0.137 e. The van der Waals surface area contributed by atoms with E-state index < -0.39 is 0 Å². The predicted molar refractivity (Wildman–Crippen MR) is 264 cm³/mol. The van der Waals surface area contributed by atoms with Crippen LogP contribution in [0, 0.1) is 0 Å². The maximum atomic E-state index is 6.52. The van der Waals surface area contributed by atoms with Crippen LogP contribution in [0.2, 0.25) is 0 Å². The van der Waals surface area contributed by atoms with Crippen LogP contribution in [-0.2, 0) is 0 Å². The quantitative estimate of drug-likeness (QED) is 0.153. The van der Waals surface area contributed by atoms with E-state index >= 15 is 0 Å². The first kappa shape index (κ1) is 36.5. The molecule has 0 saturated heterocycles. The zero-order valence-corrected chi connectivity index (χ0v) is 34.4. The first-order valence-electron chi connectivity index (χ1n) is 21.5. The average Bonchev–Trinajstić information content (AvgIpc) is 3.91. The van der Waals surface area contributed by atoms with Crippen LogP contribution in [0.3, 0.4) is 0 Å². The van der Waals surface area contributed by atoms with Gasteiger partial charge in [-0.3, -0.25) is 0 Å². The highest BCUT2D eigenvalue weighted by Gasteiger charge is 2.22. The molecule has 12 aromatic rings. The highest BCUT2D eigenvalue weighted by atomic mass is 16.3. The minimum absolute atomic E-state index is 0.853. The molecule has 0 radical (unpaired) electrons. The second kappa shape index (κ2) is 15.3. The highest BCUT2D eigenvalue weighted by Crippen LogP contribution is 2.47. The van der Waals surface area contributed by atoms with Gasteiger partial charge in [-0.2, -0.15) is 0 Å². The fraction of sp³-hybridized carbons (Fsp3) is 0. The Balaban J connectivity index is 1.04. The molecule has 296 valence electrons. The molecule has 10 aromatic carbocycles.